The predicted octanol–water partition coefficient (Wildman–Crippen LogP) is 3.80. The standard InChI is InChI=1S/C15H16F2N2S/c1-2-19-14(11-7-12(16)9-18-8-11)10-20-15-6-4-3-5-13(15)17/h3-9,14,19H,2,10H2,1H3. The number of aromatic nitrogens is 1. The first kappa shape index (κ1) is 14.9. The topological polar surface area (TPSA) is 24.9 Å². The Bertz CT molecular complexity index is 563. The van der Waals surface area contributed by atoms with Gasteiger partial charge in [-0.1, -0.05) is 19.1 Å². The molecule has 0 bridgehead atoms. The minimum absolute atomic E-state index is 0.0622. The fraction of sp³-hybridized carbons (Fsp3) is 0.267. The molecule has 1 N–H and O–H groups in total. The minimum atomic E-state index is -0.360. The zero-order chi connectivity index (χ0) is 14.4. The lowest BCUT2D eigenvalue weighted by molar-refractivity contribution is 0.580. The van der Waals surface area contributed by atoms with E-state index >= 15 is 0 Å². The van der Waals surface area contributed by atoms with Crippen molar-refractivity contribution in [3.63, 3.8) is 0 Å². The smallest absolute Gasteiger partial charge is 0.141 e. The summed E-state index contributed by atoms with van der Waals surface area (Å²) in [6.07, 6.45) is 2.81. The van der Waals surface area contributed by atoms with Crippen molar-refractivity contribution in [3.05, 3.63) is 59.9 Å². The van der Waals surface area contributed by atoms with Crippen LogP contribution in [0.3, 0.4) is 0 Å². The molecule has 0 aliphatic carbocycles. The number of pyridine rings is 1. The summed E-state index contributed by atoms with van der Waals surface area (Å²) in [7, 11) is 0. The van der Waals surface area contributed by atoms with Crippen LogP contribution in [0.5, 0.6) is 0 Å². The number of hydrogen-bond donors (Lipinski definition) is 1. The average Bonchev–Trinajstić information content (AvgIpc) is 2.45. The SMILES string of the molecule is CCNC(CSc1ccccc1F)c1cncc(F)c1. The van der Waals surface area contributed by atoms with Gasteiger partial charge in [0.25, 0.3) is 0 Å². The summed E-state index contributed by atoms with van der Waals surface area (Å²) in [4.78, 5) is 4.46. The van der Waals surface area contributed by atoms with Gasteiger partial charge < -0.3 is 5.32 Å². The zero-order valence-corrected chi connectivity index (χ0v) is 12.0. The van der Waals surface area contributed by atoms with Crippen molar-refractivity contribution in [2.75, 3.05) is 12.3 Å². The molecule has 1 aromatic carbocycles. The molecule has 0 radical (unpaired) electrons. The van der Waals surface area contributed by atoms with E-state index in [9.17, 15) is 8.78 Å². The first-order valence-corrected chi connectivity index (χ1v) is 7.40. The van der Waals surface area contributed by atoms with Crippen LogP contribution in [0.1, 0.15) is 18.5 Å². The molecule has 0 saturated carbocycles. The van der Waals surface area contributed by atoms with Gasteiger partial charge in [-0.05, 0) is 30.3 Å². The largest absolute Gasteiger partial charge is 0.309 e. The molecule has 20 heavy (non-hydrogen) atoms. The van der Waals surface area contributed by atoms with Gasteiger partial charge in [-0.25, -0.2) is 8.78 Å². The van der Waals surface area contributed by atoms with E-state index in [0.717, 1.165) is 12.1 Å². The van der Waals surface area contributed by atoms with E-state index in [0.29, 0.717) is 10.6 Å². The molecule has 1 aromatic heterocycles. The zero-order valence-electron chi connectivity index (χ0n) is 11.1. The number of nitrogens with zero attached hydrogens (tertiary/aromatic N) is 1. The highest BCUT2D eigenvalue weighted by atomic mass is 32.2. The second-order valence-electron chi connectivity index (χ2n) is 4.29. The highest BCUT2D eigenvalue weighted by molar-refractivity contribution is 7.99. The van der Waals surface area contributed by atoms with Crippen LogP contribution in [0.2, 0.25) is 0 Å². The van der Waals surface area contributed by atoms with Gasteiger partial charge in [0.1, 0.15) is 11.6 Å². The molecule has 1 unspecified atom stereocenters. The molecule has 0 aliphatic rings. The van der Waals surface area contributed by atoms with Crippen molar-refractivity contribution >= 4 is 11.8 Å². The van der Waals surface area contributed by atoms with E-state index in [1.54, 1.807) is 24.4 Å². The number of thioether (sulfide) groups is 1. The maximum absolute atomic E-state index is 13.6. The van der Waals surface area contributed by atoms with Gasteiger partial charge in [-0.2, -0.15) is 0 Å². The molecule has 5 heteroatoms. The number of benzene rings is 1. The summed E-state index contributed by atoms with van der Waals surface area (Å²) in [5, 5.41) is 3.27. The lowest BCUT2D eigenvalue weighted by Crippen LogP contribution is -2.23. The number of nitrogens with one attached hydrogen (secondary N) is 1. The molecule has 1 atom stereocenters. The monoisotopic (exact) mass is 294 g/mol. The van der Waals surface area contributed by atoms with Crippen LogP contribution in [0.25, 0.3) is 0 Å². The summed E-state index contributed by atoms with van der Waals surface area (Å²) in [5.74, 6) is 0.0197. The van der Waals surface area contributed by atoms with Crippen LogP contribution in [0.4, 0.5) is 8.78 Å². The molecule has 0 aliphatic heterocycles. The highest BCUT2D eigenvalue weighted by Crippen LogP contribution is 2.26. The van der Waals surface area contributed by atoms with E-state index in [4.69, 9.17) is 0 Å². The fourth-order valence-electron chi connectivity index (χ4n) is 1.87. The third-order valence-electron chi connectivity index (χ3n) is 2.82. The van der Waals surface area contributed by atoms with Crippen LogP contribution < -0.4 is 5.32 Å². The molecule has 2 nitrogen and oxygen atoms in total. The van der Waals surface area contributed by atoms with Crippen LogP contribution >= 0.6 is 11.8 Å². The van der Waals surface area contributed by atoms with Gasteiger partial charge in [0.15, 0.2) is 0 Å². The molecular weight excluding hydrogens is 278 g/mol. The van der Waals surface area contributed by atoms with Crippen molar-refractivity contribution < 1.29 is 8.78 Å². The van der Waals surface area contributed by atoms with Crippen LogP contribution in [0.15, 0.2) is 47.6 Å². The number of rotatable bonds is 6. The van der Waals surface area contributed by atoms with Crippen LogP contribution in [0, 0.1) is 11.6 Å². The Morgan fingerprint density at radius 2 is 2.05 bits per heavy atom. The van der Waals surface area contributed by atoms with Gasteiger partial charge >= 0.3 is 0 Å². The molecule has 106 valence electrons. The van der Waals surface area contributed by atoms with Crippen molar-refractivity contribution in [1.82, 2.24) is 10.3 Å². The lowest BCUT2D eigenvalue weighted by Gasteiger charge is -2.17. The maximum Gasteiger partial charge on any atom is 0.141 e. The Kier molecular flexibility index (Phi) is 5.49. The minimum Gasteiger partial charge on any atom is -0.309 e. The lowest BCUT2D eigenvalue weighted by atomic mass is 10.1. The second kappa shape index (κ2) is 7.36. The van der Waals surface area contributed by atoms with Gasteiger partial charge in [0, 0.05) is 22.9 Å². The van der Waals surface area contributed by atoms with Crippen molar-refractivity contribution in [1.29, 1.82) is 0 Å². The summed E-state index contributed by atoms with van der Waals surface area (Å²) in [6.45, 7) is 2.73. The van der Waals surface area contributed by atoms with Gasteiger partial charge in [0.2, 0.25) is 0 Å². The molecular formula is C15H16F2N2S. The molecule has 0 saturated heterocycles. The predicted molar refractivity (Wildman–Crippen MR) is 77.7 cm³/mol. The van der Waals surface area contributed by atoms with E-state index in [-0.39, 0.29) is 17.7 Å². The normalized spacial score (nSPS) is 12.3. The summed E-state index contributed by atoms with van der Waals surface area (Å²) >= 11 is 1.41. The third kappa shape index (κ3) is 4.02. The number of hydrogen-bond acceptors (Lipinski definition) is 3. The number of halogens is 2. The second-order valence-corrected chi connectivity index (χ2v) is 5.35. The fourth-order valence-corrected chi connectivity index (χ4v) is 2.91. The Labute approximate surface area is 121 Å². The van der Waals surface area contributed by atoms with E-state index in [1.165, 1.54) is 30.1 Å². The molecule has 0 spiro atoms. The first-order chi connectivity index (χ1) is 9.70. The molecule has 0 amide bonds. The molecule has 2 rings (SSSR count). The van der Waals surface area contributed by atoms with Crippen LogP contribution in [-0.2, 0) is 0 Å². The third-order valence-corrected chi connectivity index (χ3v) is 3.96. The Balaban J connectivity index is 2.08. The van der Waals surface area contributed by atoms with Crippen LogP contribution in [-0.4, -0.2) is 17.3 Å². The Morgan fingerprint density at radius 3 is 2.75 bits per heavy atom. The molecule has 2 aromatic rings. The molecule has 1 heterocycles. The average molecular weight is 294 g/mol. The quantitative estimate of drug-likeness (QED) is 0.820. The van der Waals surface area contributed by atoms with Gasteiger partial charge in [0.05, 0.1) is 6.20 Å². The first-order valence-electron chi connectivity index (χ1n) is 6.42. The Hall–Kier alpha value is -1.46. The van der Waals surface area contributed by atoms with Gasteiger partial charge in [-0.3, -0.25) is 4.98 Å². The maximum atomic E-state index is 13.6. The van der Waals surface area contributed by atoms with E-state index < -0.39 is 0 Å². The summed E-state index contributed by atoms with van der Waals surface area (Å²) in [6, 6.07) is 8.05. The highest BCUT2D eigenvalue weighted by Gasteiger charge is 2.13. The van der Waals surface area contributed by atoms with E-state index in [1.807, 2.05) is 6.92 Å². The Morgan fingerprint density at radius 1 is 1.25 bits per heavy atom. The summed E-state index contributed by atoms with van der Waals surface area (Å²) < 4.78 is 26.8. The van der Waals surface area contributed by atoms with Crippen molar-refractivity contribution in [2.24, 2.45) is 0 Å². The molecule has 0 fully saturated rings. The van der Waals surface area contributed by atoms with E-state index in [2.05, 4.69) is 10.3 Å². The van der Waals surface area contributed by atoms with Crippen molar-refractivity contribution in [2.45, 2.75) is 17.9 Å². The summed E-state index contributed by atoms with van der Waals surface area (Å²) in [5.41, 5.74) is 0.774. The van der Waals surface area contributed by atoms with Crippen molar-refractivity contribution in [3.8, 4) is 0 Å². The van der Waals surface area contributed by atoms with Gasteiger partial charge in [-0.15, -0.1) is 11.8 Å².